The summed E-state index contributed by atoms with van der Waals surface area (Å²) in [5.41, 5.74) is -1.08. The molecule has 0 aliphatic heterocycles. The molecule has 0 amide bonds. The number of nitro groups is 2. The molecule has 1 N–H and O–H groups in total. The second-order valence-electron chi connectivity index (χ2n) is 3.41. The Morgan fingerprint density at radius 1 is 1.33 bits per heavy atom. The van der Waals surface area contributed by atoms with Gasteiger partial charge in [-0.2, -0.15) is 0 Å². The summed E-state index contributed by atoms with van der Waals surface area (Å²) in [6, 6.07) is 3.19. The highest BCUT2D eigenvalue weighted by Gasteiger charge is 2.20. The minimum absolute atomic E-state index is 0.0479. The summed E-state index contributed by atoms with van der Waals surface area (Å²) >= 11 is 0. The Morgan fingerprint density at radius 3 is 2.39 bits per heavy atom. The van der Waals surface area contributed by atoms with Gasteiger partial charge in [-0.05, 0) is 12.6 Å². The van der Waals surface area contributed by atoms with Crippen molar-refractivity contribution in [2.75, 3.05) is 0 Å². The molecule has 8 nitrogen and oxygen atoms in total. The van der Waals surface area contributed by atoms with E-state index in [-0.39, 0.29) is 17.5 Å². The van der Waals surface area contributed by atoms with E-state index in [2.05, 4.69) is 6.58 Å². The minimum atomic E-state index is -1.31. The molecular weight excluding hydrogens is 244 g/mol. The van der Waals surface area contributed by atoms with Crippen LogP contribution in [0.15, 0.2) is 30.5 Å². The maximum atomic E-state index is 10.8. The lowest BCUT2D eigenvalue weighted by atomic mass is 10.1. The number of carboxylic acids is 1. The molecule has 0 unspecified atom stereocenters. The van der Waals surface area contributed by atoms with Gasteiger partial charge in [-0.1, -0.05) is 6.07 Å². The van der Waals surface area contributed by atoms with Crippen molar-refractivity contribution in [3.05, 3.63) is 61.8 Å². The fourth-order valence-corrected chi connectivity index (χ4v) is 1.30. The maximum Gasteiger partial charge on any atom is 0.335 e. The van der Waals surface area contributed by atoms with E-state index in [1.165, 1.54) is 6.07 Å². The lowest BCUT2D eigenvalue weighted by Crippen LogP contribution is -2.05. The zero-order valence-corrected chi connectivity index (χ0v) is 9.03. The Labute approximate surface area is 100 Å². The summed E-state index contributed by atoms with van der Waals surface area (Å²) in [5, 5.41) is 29.9. The molecule has 0 saturated carbocycles. The lowest BCUT2D eigenvalue weighted by molar-refractivity contribution is -0.426. The monoisotopic (exact) mass is 252 g/mol. The number of allylic oxidation sites excluding steroid dienone is 1. The fraction of sp³-hybridized carbons (Fsp3) is 0.100. The number of rotatable bonds is 5. The Kier molecular flexibility index (Phi) is 3.72. The van der Waals surface area contributed by atoms with Crippen molar-refractivity contribution < 1.29 is 19.7 Å². The Balaban J connectivity index is 3.20. The molecule has 0 aliphatic rings. The second-order valence-corrected chi connectivity index (χ2v) is 3.41. The van der Waals surface area contributed by atoms with Crippen molar-refractivity contribution in [1.82, 2.24) is 0 Å². The summed E-state index contributed by atoms with van der Waals surface area (Å²) in [6.07, 6.45) is -0.316. The molecule has 0 fully saturated rings. The highest BCUT2D eigenvalue weighted by atomic mass is 16.6. The average Bonchev–Trinajstić information content (AvgIpc) is 2.28. The largest absolute Gasteiger partial charge is 0.478 e. The first-order valence-electron chi connectivity index (χ1n) is 4.65. The summed E-state index contributed by atoms with van der Waals surface area (Å²) < 4.78 is 0. The molecule has 1 rings (SSSR count). The molecule has 1 aromatic carbocycles. The number of carboxylic acid groups (broad SMARTS) is 1. The van der Waals surface area contributed by atoms with Crippen LogP contribution < -0.4 is 0 Å². The van der Waals surface area contributed by atoms with Crippen molar-refractivity contribution in [3.8, 4) is 0 Å². The summed E-state index contributed by atoms with van der Waals surface area (Å²) in [7, 11) is 0. The van der Waals surface area contributed by atoms with Gasteiger partial charge in [0.1, 0.15) is 0 Å². The van der Waals surface area contributed by atoms with Crippen LogP contribution in [-0.2, 0) is 6.42 Å². The van der Waals surface area contributed by atoms with E-state index < -0.39 is 27.2 Å². The van der Waals surface area contributed by atoms with E-state index in [0.717, 1.165) is 12.1 Å². The topological polar surface area (TPSA) is 124 Å². The van der Waals surface area contributed by atoms with Gasteiger partial charge in [0.25, 0.3) is 5.69 Å². The summed E-state index contributed by atoms with van der Waals surface area (Å²) in [6.45, 7) is 3.17. The van der Waals surface area contributed by atoms with Gasteiger partial charge in [-0.25, -0.2) is 4.79 Å². The molecule has 8 heteroatoms. The van der Waals surface area contributed by atoms with Gasteiger partial charge in [-0.15, -0.1) is 0 Å². The van der Waals surface area contributed by atoms with Gasteiger partial charge in [0.15, 0.2) is 0 Å². The van der Waals surface area contributed by atoms with Crippen LogP contribution in [0.25, 0.3) is 0 Å². The smallest absolute Gasteiger partial charge is 0.335 e. The molecule has 0 aromatic heterocycles. The quantitative estimate of drug-likeness (QED) is 0.627. The van der Waals surface area contributed by atoms with E-state index in [9.17, 15) is 25.0 Å². The number of hydrogen-bond donors (Lipinski definition) is 1. The van der Waals surface area contributed by atoms with Crippen molar-refractivity contribution in [3.63, 3.8) is 0 Å². The van der Waals surface area contributed by atoms with Crippen LogP contribution in [0.5, 0.6) is 0 Å². The Hall–Kier alpha value is -2.77. The van der Waals surface area contributed by atoms with E-state index in [4.69, 9.17) is 5.11 Å². The zero-order chi connectivity index (χ0) is 13.9. The molecule has 0 bridgehead atoms. The number of nitrogens with zero attached hydrogens (tertiary/aromatic N) is 2. The van der Waals surface area contributed by atoms with E-state index in [0.29, 0.717) is 0 Å². The normalized spacial score (nSPS) is 9.78. The molecule has 94 valence electrons. The van der Waals surface area contributed by atoms with Crippen molar-refractivity contribution in [2.45, 2.75) is 6.42 Å². The van der Waals surface area contributed by atoms with Crippen LogP contribution in [0.2, 0.25) is 0 Å². The maximum absolute atomic E-state index is 10.8. The van der Waals surface area contributed by atoms with Gasteiger partial charge >= 0.3 is 5.97 Å². The van der Waals surface area contributed by atoms with E-state index in [1.54, 1.807) is 0 Å². The van der Waals surface area contributed by atoms with Crippen LogP contribution in [-0.4, -0.2) is 20.9 Å². The Morgan fingerprint density at radius 2 is 1.94 bits per heavy atom. The third kappa shape index (κ3) is 2.88. The predicted octanol–water partition coefficient (Wildman–Crippen LogP) is 1.63. The molecule has 0 radical (unpaired) electrons. The third-order valence-electron chi connectivity index (χ3n) is 2.18. The standard InChI is InChI=1S/C10H8N2O6/c1-6(11(15)16)4-7-2-3-8(10(13)14)5-9(7)12(17)18/h2-3,5H,1,4H2,(H,13,14). The molecular formula is C10H8N2O6. The van der Waals surface area contributed by atoms with E-state index in [1.807, 2.05) is 0 Å². The molecule has 0 atom stereocenters. The van der Waals surface area contributed by atoms with Crippen molar-refractivity contribution in [2.24, 2.45) is 0 Å². The van der Waals surface area contributed by atoms with Gasteiger partial charge < -0.3 is 5.11 Å². The number of nitro benzene ring substituents is 1. The predicted molar refractivity (Wildman–Crippen MR) is 59.9 cm³/mol. The third-order valence-corrected chi connectivity index (χ3v) is 2.18. The zero-order valence-electron chi connectivity index (χ0n) is 9.03. The molecule has 1 aromatic rings. The van der Waals surface area contributed by atoms with Gasteiger partial charge in [0, 0.05) is 11.6 Å². The second kappa shape index (κ2) is 5.04. The van der Waals surface area contributed by atoms with Crippen LogP contribution >= 0.6 is 0 Å². The number of benzene rings is 1. The number of carbonyl (C=O) groups is 1. The molecule has 0 aliphatic carbocycles. The van der Waals surface area contributed by atoms with Crippen molar-refractivity contribution in [1.29, 1.82) is 0 Å². The molecule has 0 saturated heterocycles. The molecule has 0 heterocycles. The van der Waals surface area contributed by atoms with Gasteiger partial charge in [0.05, 0.1) is 21.8 Å². The van der Waals surface area contributed by atoms with E-state index >= 15 is 0 Å². The van der Waals surface area contributed by atoms with Crippen LogP contribution in [0.4, 0.5) is 5.69 Å². The lowest BCUT2D eigenvalue weighted by Gasteiger charge is -2.02. The summed E-state index contributed by atoms with van der Waals surface area (Å²) in [5.74, 6) is -1.31. The highest BCUT2D eigenvalue weighted by Crippen LogP contribution is 2.23. The van der Waals surface area contributed by atoms with Crippen LogP contribution in [0.1, 0.15) is 15.9 Å². The first-order chi connectivity index (χ1) is 8.32. The average molecular weight is 252 g/mol. The SMILES string of the molecule is C=C(Cc1ccc(C(=O)O)cc1[N+](=O)[O-])[N+](=O)[O-]. The van der Waals surface area contributed by atoms with Gasteiger partial charge in [-0.3, -0.25) is 20.2 Å². The molecule has 0 spiro atoms. The first kappa shape index (κ1) is 13.3. The molecule has 18 heavy (non-hydrogen) atoms. The minimum Gasteiger partial charge on any atom is -0.478 e. The number of hydrogen-bond acceptors (Lipinski definition) is 5. The Bertz CT molecular complexity index is 551. The number of aromatic carboxylic acids is 1. The van der Waals surface area contributed by atoms with Crippen LogP contribution in [0.3, 0.4) is 0 Å². The summed E-state index contributed by atoms with van der Waals surface area (Å²) in [4.78, 5) is 30.3. The highest BCUT2D eigenvalue weighted by molar-refractivity contribution is 5.88. The van der Waals surface area contributed by atoms with Gasteiger partial charge in [0.2, 0.25) is 5.70 Å². The fourth-order valence-electron chi connectivity index (χ4n) is 1.30. The first-order valence-corrected chi connectivity index (χ1v) is 4.65. The van der Waals surface area contributed by atoms with Crippen molar-refractivity contribution >= 4 is 11.7 Å². The van der Waals surface area contributed by atoms with Crippen LogP contribution in [0, 0.1) is 20.2 Å².